The number of aliphatic hydroxyl groups excluding tert-OH is 1. The van der Waals surface area contributed by atoms with E-state index in [1.165, 1.54) is 25.7 Å². The van der Waals surface area contributed by atoms with Crippen molar-refractivity contribution < 1.29 is 5.11 Å². The first-order chi connectivity index (χ1) is 10.6. The van der Waals surface area contributed by atoms with E-state index in [-0.39, 0.29) is 0 Å². The zero-order valence-electron chi connectivity index (χ0n) is 14.0. The van der Waals surface area contributed by atoms with Gasteiger partial charge in [-0.15, -0.1) is 0 Å². The number of rotatable bonds is 6. The van der Waals surface area contributed by atoms with E-state index in [0.29, 0.717) is 12.5 Å². The third kappa shape index (κ3) is 5.10. The number of nitrogens with one attached hydrogen (secondary N) is 1. The van der Waals surface area contributed by atoms with Gasteiger partial charge in [0.05, 0.1) is 6.10 Å². The highest BCUT2D eigenvalue weighted by molar-refractivity contribution is 5.47. The zero-order valence-corrected chi connectivity index (χ0v) is 14.0. The van der Waals surface area contributed by atoms with Crippen molar-refractivity contribution in [3.63, 3.8) is 0 Å². The Morgan fingerprint density at radius 1 is 1.27 bits per heavy atom. The maximum absolute atomic E-state index is 10.2. The molecule has 1 aromatic rings. The molecule has 0 aromatic carbocycles. The van der Waals surface area contributed by atoms with Crippen LogP contribution in [0.1, 0.15) is 31.2 Å². The molecule has 0 amide bonds. The summed E-state index contributed by atoms with van der Waals surface area (Å²) in [6.45, 7) is 5.39. The molecule has 2 N–H and O–H groups in total. The van der Waals surface area contributed by atoms with Gasteiger partial charge in [0.2, 0.25) is 5.95 Å². The zero-order chi connectivity index (χ0) is 15.9. The number of aryl methyl sites for hydroxylation is 1. The molecule has 1 aromatic heterocycles. The van der Waals surface area contributed by atoms with E-state index in [2.05, 4.69) is 20.2 Å². The summed E-state index contributed by atoms with van der Waals surface area (Å²) >= 11 is 0. The maximum Gasteiger partial charge on any atom is 0.224 e. The lowest BCUT2D eigenvalue weighted by Gasteiger charge is -2.23. The van der Waals surface area contributed by atoms with Crippen LogP contribution in [0.3, 0.4) is 0 Å². The minimum absolute atomic E-state index is 0.397. The Bertz CT molecular complexity index is 458. The van der Waals surface area contributed by atoms with Crippen LogP contribution in [0.15, 0.2) is 6.20 Å². The first-order valence-corrected chi connectivity index (χ1v) is 8.21. The summed E-state index contributed by atoms with van der Waals surface area (Å²) in [6, 6.07) is 0. The molecule has 1 fully saturated rings. The number of hydrogen-bond acceptors (Lipinski definition) is 6. The Kier molecular flexibility index (Phi) is 6.39. The summed E-state index contributed by atoms with van der Waals surface area (Å²) in [4.78, 5) is 13.1. The van der Waals surface area contributed by atoms with Gasteiger partial charge in [0.15, 0.2) is 0 Å². The largest absolute Gasteiger partial charge is 0.390 e. The first-order valence-electron chi connectivity index (χ1n) is 8.21. The average Bonchev–Trinajstić information content (AvgIpc) is 2.74. The van der Waals surface area contributed by atoms with Gasteiger partial charge in [-0.25, -0.2) is 4.98 Å². The van der Waals surface area contributed by atoms with Crippen LogP contribution in [0, 0.1) is 6.92 Å². The van der Waals surface area contributed by atoms with Gasteiger partial charge in [-0.2, -0.15) is 4.98 Å². The molecule has 0 aliphatic carbocycles. The van der Waals surface area contributed by atoms with Crippen LogP contribution >= 0.6 is 0 Å². The molecular weight excluding hydrogens is 278 g/mol. The van der Waals surface area contributed by atoms with Crippen molar-refractivity contribution in [2.45, 2.75) is 38.7 Å². The van der Waals surface area contributed by atoms with Crippen molar-refractivity contribution in [3.05, 3.63) is 11.8 Å². The highest BCUT2D eigenvalue weighted by Gasteiger charge is 2.14. The summed E-state index contributed by atoms with van der Waals surface area (Å²) < 4.78 is 0. The summed E-state index contributed by atoms with van der Waals surface area (Å²) in [5.74, 6) is 1.48. The number of aliphatic hydroxyl groups is 1. The number of anilines is 2. The second-order valence-electron chi connectivity index (χ2n) is 6.34. The third-order valence-corrected chi connectivity index (χ3v) is 4.03. The molecule has 2 heterocycles. The van der Waals surface area contributed by atoms with Gasteiger partial charge in [0.25, 0.3) is 0 Å². The van der Waals surface area contributed by atoms with Gasteiger partial charge in [-0.3, -0.25) is 0 Å². The standard InChI is InChI=1S/C16H29N5O/c1-13-10-17-16(19-15(13)20(2)3)18-11-14(22)12-21-8-6-4-5-7-9-21/h10,14,22H,4-9,11-12H2,1-3H3,(H,17,18,19). The Labute approximate surface area is 133 Å². The van der Waals surface area contributed by atoms with E-state index in [0.717, 1.165) is 31.0 Å². The topological polar surface area (TPSA) is 64.5 Å². The van der Waals surface area contributed by atoms with Gasteiger partial charge in [0.1, 0.15) is 5.82 Å². The van der Waals surface area contributed by atoms with Crippen LogP contribution in [0.2, 0.25) is 0 Å². The van der Waals surface area contributed by atoms with Crippen LogP contribution in [0.25, 0.3) is 0 Å². The molecule has 1 atom stereocenters. The number of nitrogens with zero attached hydrogens (tertiary/aromatic N) is 4. The van der Waals surface area contributed by atoms with E-state index in [1.54, 1.807) is 0 Å². The van der Waals surface area contributed by atoms with Crippen LogP contribution in [0.4, 0.5) is 11.8 Å². The highest BCUT2D eigenvalue weighted by atomic mass is 16.3. The van der Waals surface area contributed by atoms with E-state index >= 15 is 0 Å². The van der Waals surface area contributed by atoms with E-state index in [1.807, 2.05) is 32.1 Å². The van der Waals surface area contributed by atoms with E-state index < -0.39 is 6.10 Å². The van der Waals surface area contributed by atoms with Crippen LogP contribution < -0.4 is 10.2 Å². The number of aromatic nitrogens is 2. The lowest BCUT2D eigenvalue weighted by molar-refractivity contribution is 0.124. The fourth-order valence-corrected chi connectivity index (χ4v) is 2.86. The second kappa shape index (κ2) is 8.29. The third-order valence-electron chi connectivity index (χ3n) is 4.03. The fraction of sp³-hybridized carbons (Fsp3) is 0.750. The predicted molar refractivity (Wildman–Crippen MR) is 90.5 cm³/mol. The number of β-amino-alcohol motifs (C(OH)–C–C–N with tert-alkyl or cyclic N) is 1. The van der Waals surface area contributed by atoms with Crippen molar-refractivity contribution in [1.82, 2.24) is 14.9 Å². The van der Waals surface area contributed by atoms with Crippen LogP contribution in [-0.2, 0) is 0 Å². The normalized spacial score (nSPS) is 17.8. The van der Waals surface area contributed by atoms with Gasteiger partial charge in [-0.1, -0.05) is 12.8 Å². The molecule has 1 aliphatic heterocycles. The molecule has 0 radical (unpaired) electrons. The molecule has 22 heavy (non-hydrogen) atoms. The molecule has 1 unspecified atom stereocenters. The van der Waals surface area contributed by atoms with E-state index in [9.17, 15) is 5.11 Å². The lowest BCUT2D eigenvalue weighted by Crippen LogP contribution is -2.36. The highest BCUT2D eigenvalue weighted by Crippen LogP contribution is 2.15. The molecule has 124 valence electrons. The SMILES string of the molecule is Cc1cnc(NCC(O)CN2CCCCCC2)nc1N(C)C. The van der Waals surface area contributed by atoms with Gasteiger partial charge in [-0.05, 0) is 32.9 Å². The molecule has 0 spiro atoms. The van der Waals surface area contributed by atoms with Crippen molar-refractivity contribution in [2.75, 3.05) is 50.5 Å². The fourth-order valence-electron chi connectivity index (χ4n) is 2.86. The van der Waals surface area contributed by atoms with Gasteiger partial charge < -0.3 is 20.2 Å². The second-order valence-corrected chi connectivity index (χ2v) is 6.34. The number of hydrogen-bond donors (Lipinski definition) is 2. The maximum atomic E-state index is 10.2. The molecule has 0 bridgehead atoms. The Hall–Kier alpha value is -1.40. The van der Waals surface area contributed by atoms with Crippen molar-refractivity contribution in [2.24, 2.45) is 0 Å². The Morgan fingerprint density at radius 3 is 2.59 bits per heavy atom. The first kappa shape index (κ1) is 17.0. The summed E-state index contributed by atoms with van der Waals surface area (Å²) in [5, 5.41) is 13.4. The van der Waals surface area contributed by atoms with Crippen molar-refractivity contribution in [1.29, 1.82) is 0 Å². The van der Waals surface area contributed by atoms with Crippen LogP contribution in [-0.4, -0.2) is 66.4 Å². The van der Waals surface area contributed by atoms with Crippen molar-refractivity contribution in [3.8, 4) is 0 Å². The Morgan fingerprint density at radius 2 is 1.95 bits per heavy atom. The van der Waals surface area contributed by atoms with Gasteiger partial charge in [0, 0.05) is 38.9 Å². The molecule has 6 heteroatoms. The minimum Gasteiger partial charge on any atom is -0.390 e. The molecule has 2 rings (SSSR count). The summed E-state index contributed by atoms with van der Waals surface area (Å²) in [6.07, 6.45) is 6.53. The molecular formula is C16H29N5O. The van der Waals surface area contributed by atoms with Crippen molar-refractivity contribution >= 4 is 11.8 Å². The van der Waals surface area contributed by atoms with Gasteiger partial charge >= 0.3 is 0 Å². The van der Waals surface area contributed by atoms with E-state index in [4.69, 9.17) is 0 Å². The smallest absolute Gasteiger partial charge is 0.224 e. The molecule has 0 saturated carbocycles. The average molecular weight is 307 g/mol. The quantitative estimate of drug-likeness (QED) is 0.830. The molecule has 1 aliphatic rings. The molecule has 6 nitrogen and oxygen atoms in total. The lowest BCUT2D eigenvalue weighted by atomic mass is 10.2. The minimum atomic E-state index is -0.397. The number of likely N-dealkylation sites (tertiary alicyclic amines) is 1. The Balaban J connectivity index is 1.82. The summed E-state index contributed by atoms with van der Waals surface area (Å²) in [7, 11) is 3.93. The molecule has 1 saturated heterocycles. The predicted octanol–water partition coefficient (Wildman–Crippen LogP) is 1.50. The monoisotopic (exact) mass is 307 g/mol. The van der Waals surface area contributed by atoms with Crippen LogP contribution in [0.5, 0.6) is 0 Å². The summed E-state index contributed by atoms with van der Waals surface area (Å²) in [5.41, 5.74) is 1.04.